The fourth-order valence-electron chi connectivity index (χ4n) is 1.68. The van der Waals surface area contributed by atoms with Crippen LogP contribution < -0.4 is 10.9 Å². The smallest absolute Gasteiger partial charge is 0.423 e. The summed E-state index contributed by atoms with van der Waals surface area (Å²) in [5.74, 6) is 11.1. The van der Waals surface area contributed by atoms with Crippen molar-refractivity contribution in [3.8, 4) is 23.7 Å². The average molecular weight is 290 g/mol. The summed E-state index contributed by atoms with van der Waals surface area (Å²) >= 11 is 0. The van der Waals surface area contributed by atoms with E-state index in [-0.39, 0.29) is 0 Å². The van der Waals surface area contributed by atoms with Gasteiger partial charge in [-0.05, 0) is 47.0 Å². The highest BCUT2D eigenvalue weighted by atomic mass is 16.4. The van der Waals surface area contributed by atoms with Crippen LogP contribution in [0.2, 0.25) is 0 Å². The van der Waals surface area contributed by atoms with E-state index in [1.807, 2.05) is 0 Å². The van der Waals surface area contributed by atoms with Gasteiger partial charge in [0.15, 0.2) is 0 Å². The molecule has 0 unspecified atom stereocenters. The Morgan fingerprint density at radius 3 is 1.14 bits per heavy atom. The quantitative estimate of drug-likeness (QED) is 0.399. The van der Waals surface area contributed by atoms with Gasteiger partial charge in [-0.1, -0.05) is 36.1 Å². The molecule has 2 aromatic carbocycles. The Morgan fingerprint density at radius 2 is 0.864 bits per heavy atom. The van der Waals surface area contributed by atoms with E-state index in [0.717, 1.165) is 11.1 Å². The van der Waals surface area contributed by atoms with Crippen LogP contribution in [0.4, 0.5) is 0 Å². The molecule has 0 bridgehead atoms. The van der Waals surface area contributed by atoms with Gasteiger partial charge in [-0.3, -0.25) is 0 Å². The molecular weight excluding hydrogens is 278 g/mol. The van der Waals surface area contributed by atoms with Gasteiger partial charge in [0.25, 0.3) is 0 Å². The van der Waals surface area contributed by atoms with Crippen LogP contribution in [0.25, 0.3) is 0 Å². The van der Waals surface area contributed by atoms with Gasteiger partial charge in [0.05, 0.1) is 0 Å². The van der Waals surface area contributed by atoms with Gasteiger partial charge in [0.1, 0.15) is 0 Å². The van der Waals surface area contributed by atoms with E-state index in [9.17, 15) is 0 Å². The fraction of sp³-hybridized carbons (Fsp3) is 0. The van der Waals surface area contributed by atoms with Crippen LogP contribution >= 0.6 is 0 Å². The molecule has 0 amide bonds. The minimum Gasteiger partial charge on any atom is -0.423 e. The lowest BCUT2D eigenvalue weighted by Gasteiger charge is -1.97. The summed E-state index contributed by atoms with van der Waals surface area (Å²) in [6, 6.07) is 13.1. The minimum atomic E-state index is -1.48. The Balaban J connectivity index is 2.04. The zero-order chi connectivity index (χ0) is 15.9. The zero-order valence-corrected chi connectivity index (χ0v) is 11.6. The molecule has 0 saturated carbocycles. The standard InChI is InChI=1S/C16H12B2O4/c19-17(20)15-9-5-13(6-10-15)3-1-2-4-14-7-11-16(12-8-14)18(21)22/h5-12,19-22H. The van der Waals surface area contributed by atoms with Crippen molar-refractivity contribution in [2.45, 2.75) is 0 Å². The van der Waals surface area contributed by atoms with E-state index < -0.39 is 14.2 Å². The summed E-state index contributed by atoms with van der Waals surface area (Å²) in [7, 11) is -2.97. The van der Waals surface area contributed by atoms with E-state index in [0.29, 0.717) is 10.9 Å². The molecule has 4 nitrogen and oxygen atoms in total. The van der Waals surface area contributed by atoms with E-state index in [4.69, 9.17) is 20.1 Å². The summed E-state index contributed by atoms with van der Waals surface area (Å²) in [5, 5.41) is 35.9. The lowest BCUT2D eigenvalue weighted by atomic mass is 9.80. The Bertz CT molecular complexity index is 678. The second-order valence-electron chi connectivity index (χ2n) is 4.49. The Morgan fingerprint density at radius 1 is 0.545 bits per heavy atom. The SMILES string of the molecule is OB(O)c1ccc(C#CC#Cc2ccc(B(O)O)cc2)cc1. The average Bonchev–Trinajstić information content (AvgIpc) is 2.52. The second kappa shape index (κ2) is 7.51. The predicted octanol–water partition coefficient (Wildman–Crippen LogP) is -1.55. The molecule has 0 radical (unpaired) electrons. The van der Waals surface area contributed by atoms with Gasteiger partial charge in [-0.15, -0.1) is 0 Å². The maximum absolute atomic E-state index is 8.97. The molecule has 6 heteroatoms. The highest BCUT2D eigenvalue weighted by Gasteiger charge is 2.09. The van der Waals surface area contributed by atoms with Crippen molar-refractivity contribution in [3.63, 3.8) is 0 Å². The van der Waals surface area contributed by atoms with Gasteiger partial charge in [0.2, 0.25) is 0 Å². The molecule has 0 heterocycles. The van der Waals surface area contributed by atoms with E-state index in [2.05, 4.69) is 23.7 Å². The van der Waals surface area contributed by atoms with Gasteiger partial charge >= 0.3 is 14.2 Å². The molecule has 4 N–H and O–H groups in total. The maximum atomic E-state index is 8.97. The van der Waals surface area contributed by atoms with E-state index in [1.165, 1.54) is 0 Å². The third-order valence-corrected chi connectivity index (χ3v) is 2.89. The van der Waals surface area contributed by atoms with Gasteiger partial charge in [-0.2, -0.15) is 0 Å². The van der Waals surface area contributed by atoms with Gasteiger partial charge < -0.3 is 20.1 Å². The molecule has 106 valence electrons. The molecule has 0 aliphatic rings. The molecule has 22 heavy (non-hydrogen) atoms. The summed E-state index contributed by atoms with van der Waals surface area (Å²) in [6.45, 7) is 0. The molecule has 0 fully saturated rings. The van der Waals surface area contributed by atoms with Crippen molar-refractivity contribution in [3.05, 3.63) is 59.7 Å². The molecule has 0 aromatic heterocycles. The maximum Gasteiger partial charge on any atom is 0.488 e. The summed E-state index contributed by atoms with van der Waals surface area (Å²) < 4.78 is 0. The first-order chi connectivity index (χ1) is 10.6. The van der Waals surface area contributed by atoms with Crippen LogP contribution in [-0.4, -0.2) is 34.3 Å². The molecule has 0 saturated heterocycles. The molecule has 0 aliphatic heterocycles. The van der Waals surface area contributed by atoms with Crippen molar-refractivity contribution < 1.29 is 20.1 Å². The predicted molar refractivity (Wildman–Crippen MR) is 86.3 cm³/mol. The molecular formula is C16H12B2O4. The highest BCUT2D eigenvalue weighted by Crippen LogP contribution is 1.96. The van der Waals surface area contributed by atoms with Crippen molar-refractivity contribution in [1.82, 2.24) is 0 Å². The fourth-order valence-corrected chi connectivity index (χ4v) is 1.68. The molecule has 0 atom stereocenters. The number of benzene rings is 2. The highest BCUT2D eigenvalue weighted by molar-refractivity contribution is 6.58. The van der Waals surface area contributed by atoms with Crippen LogP contribution in [0, 0.1) is 23.7 Å². The Kier molecular flexibility index (Phi) is 5.43. The first-order valence-corrected chi connectivity index (χ1v) is 6.50. The van der Waals surface area contributed by atoms with Crippen LogP contribution in [-0.2, 0) is 0 Å². The minimum absolute atomic E-state index is 0.405. The van der Waals surface area contributed by atoms with Crippen molar-refractivity contribution >= 4 is 25.2 Å². The van der Waals surface area contributed by atoms with Crippen LogP contribution in [0.15, 0.2) is 48.5 Å². The third-order valence-electron chi connectivity index (χ3n) is 2.89. The Hall–Kier alpha value is -2.47. The topological polar surface area (TPSA) is 80.9 Å². The molecule has 2 aromatic rings. The van der Waals surface area contributed by atoms with Crippen LogP contribution in [0.1, 0.15) is 11.1 Å². The number of hydrogen-bond acceptors (Lipinski definition) is 4. The van der Waals surface area contributed by atoms with Crippen molar-refractivity contribution in [2.24, 2.45) is 0 Å². The molecule has 2 rings (SSSR count). The monoisotopic (exact) mass is 290 g/mol. The first-order valence-electron chi connectivity index (χ1n) is 6.50. The number of rotatable bonds is 2. The largest absolute Gasteiger partial charge is 0.488 e. The second-order valence-corrected chi connectivity index (χ2v) is 4.49. The van der Waals surface area contributed by atoms with Crippen molar-refractivity contribution in [1.29, 1.82) is 0 Å². The Labute approximate surface area is 129 Å². The zero-order valence-electron chi connectivity index (χ0n) is 11.6. The van der Waals surface area contributed by atoms with E-state index in [1.54, 1.807) is 48.5 Å². The number of hydrogen-bond donors (Lipinski definition) is 4. The molecule has 0 aliphatic carbocycles. The molecule has 0 spiro atoms. The van der Waals surface area contributed by atoms with Gasteiger partial charge in [-0.25, -0.2) is 0 Å². The lowest BCUT2D eigenvalue weighted by Crippen LogP contribution is -2.29. The summed E-state index contributed by atoms with van der Waals surface area (Å²) in [5.41, 5.74) is 2.25. The normalized spacial score (nSPS) is 9.09. The summed E-state index contributed by atoms with van der Waals surface area (Å²) in [4.78, 5) is 0. The summed E-state index contributed by atoms with van der Waals surface area (Å²) in [6.07, 6.45) is 0. The van der Waals surface area contributed by atoms with Crippen molar-refractivity contribution in [2.75, 3.05) is 0 Å². The third kappa shape index (κ3) is 4.53. The van der Waals surface area contributed by atoms with Crippen LogP contribution in [0.5, 0.6) is 0 Å². The van der Waals surface area contributed by atoms with Crippen LogP contribution in [0.3, 0.4) is 0 Å². The van der Waals surface area contributed by atoms with Gasteiger partial charge in [0, 0.05) is 11.1 Å². The lowest BCUT2D eigenvalue weighted by molar-refractivity contribution is 0.424. The van der Waals surface area contributed by atoms with E-state index >= 15 is 0 Å². The first kappa shape index (κ1) is 15.9.